The molecule has 0 fully saturated rings. The summed E-state index contributed by atoms with van der Waals surface area (Å²) in [6.45, 7) is 11.6. The van der Waals surface area contributed by atoms with E-state index in [2.05, 4.69) is 34.6 Å². The molecule has 0 aromatic rings. The lowest BCUT2D eigenvalue weighted by Gasteiger charge is -2.22. The first-order valence-electron chi connectivity index (χ1n) is 4.59. The molecule has 0 aromatic carbocycles. The highest BCUT2D eigenvalue weighted by molar-refractivity contribution is 4.64. The molecule has 0 aliphatic heterocycles. The second-order valence-corrected chi connectivity index (χ2v) is 3.87. The number of hydrogen-bond donors (Lipinski definition) is 0. The number of hydrogen-bond acceptors (Lipinski definition) is 0. The molecular formula is C10H22. The van der Waals surface area contributed by atoms with Gasteiger partial charge in [-0.2, -0.15) is 0 Å². The molecular weight excluding hydrogens is 120 g/mol. The second kappa shape index (κ2) is 4.76. The maximum atomic E-state index is 2.37. The van der Waals surface area contributed by atoms with E-state index in [4.69, 9.17) is 0 Å². The van der Waals surface area contributed by atoms with Crippen molar-refractivity contribution in [3.8, 4) is 0 Å². The molecule has 0 spiro atoms. The van der Waals surface area contributed by atoms with Crippen LogP contribution in [0.5, 0.6) is 0 Å². The molecule has 2 atom stereocenters. The smallest absolute Gasteiger partial charge is 0.0394 e. The Morgan fingerprint density at radius 3 is 1.80 bits per heavy atom. The van der Waals surface area contributed by atoms with Crippen molar-refractivity contribution in [3.05, 3.63) is 0 Å². The average molecular weight is 142 g/mol. The van der Waals surface area contributed by atoms with E-state index in [1.54, 1.807) is 0 Å². The van der Waals surface area contributed by atoms with Gasteiger partial charge in [-0.25, -0.2) is 0 Å². The minimum Gasteiger partial charge on any atom is -0.0654 e. The van der Waals surface area contributed by atoms with Crippen molar-refractivity contribution in [2.24, 2.45) is 17.8 Å². The van der Waals surface area contributed by atoms with Crippen LogP contribution in [0.4, 0.5) is 0 Å². The van der Waals surface area contributed by atoms with Crippen LogP contribution in [0.15, 0.2) is 0 Å². The van der Waals surface area contributed by atoms with E-state index in [1.807, 2.05) is 0 Å². The largest absolute Gasteiger partial charge is 0.0654 e. The standard InChI is InChI=1S/C10H22/c1-6-7-9(4)10(5)8(2)3/h8-10H,6-7H2,1-5H3/t9-,10+/m1/s1. The minimum absolute atomic E-state index is 0.849. The van der Waals surface area contributed by atoms with Crippen LogP contribution in [0, 0.1) is 17.8 Å². The lowest BCUT2D eigenvalue weighted by Crippen LogP contribution is -2.13. The normalized spacial score (nSPS) is 17.4. The number of rotatable bonds is 4. The van der Waals surface area contributed by atoms with Crippen molar-refractivity contribution in [2.45, 2.75) is 47.5 Å². The van der Waals surface area contributed by atoms with Crippen LogP contribution in [0.3, 0.4) is 0 Å². The SMILES string of the molecule is CCC[C@@H](C)[C@@H](C)C(C)C. The maximum Gasteiger partial charge on any atom is -0.0394 e. The summed E-state index contributed by atoms with van der Waals surface area (Å²) in [5.74, 6) is 2.64. The molecule has 0 N–H and O–H groups in total. The van der Waals surface area contributed by atoms with Crippen LogP contribution in [0.25, 0.3) is 0 Å². The molecule has 0 heteroatoms. The molecule has 0 saturated carbocycles. The van der Waals surface area contributed by atoms with Crippen LogP contribution in [0.2, 0.25) is 0 Å². The molecule has 62 valence electrons. The van der Waals surface area contributed by atoms with Crippen LogP contribution in [-0.4, -0.2) is 0 Å². The van der Waals surface area contributed by atoms with E-state index < -0.39 is 0 Å². The molecule has 0 saturated heterocycles. The van der Waals surface area contributed by atoms with Crippen molar-refractivity contribution in [1.82, 2.24) is 0 Å². The average Bonchev–Trinajstić information content (AvgIpc) is 1.87. The Hall–Kier alpha value is 0. The van der Waals surface area contributed by atoms with Gasteiger partial charge in [0.05, 0.1) is 0 Å². The molecule has 10 heavy (non-hydrogen) atoms. The van der Waals surface area contributed by atoms with Gasteiger partial charge >= 0.3 is 0 Å². The van der Waals surface area contributed by atoms with Gasteiger partial charge in [-0.1, -0.05) is 47.5 Å². The Bertz CT molecular complexity index is 74.1. The Morgan fingerprint density at radius 2 is 1.50 bits per heavy atom. The second-order valence-electron chi connectivity index (χ2n) is 3.87. The van der Waals surface area contributed by atoms with E-state index >= 15 is 0 Å². The van der Waals surface area contributed by atoms with Crippen molar-refractivity contribution in [1.29, 1.82) is 0 Å². The third kappa shape index (κ3) is 3.24. The van der Waals surface area contributed by atoms with Gasteiger partial charge in [-0.15, -0.1) is 0 Å². The van der Waals surface area contributed by atoms with Crippen LogP contribution in [-0.2, 0) is 0 Å². The summed E-state index contributed by atoms with van der Waals surface area (Å²) in [7, 11) is 0. The Kier molecular flexibility index (Phi) is 4.76. The third-order valence-electron chi connectivity index (χ3n) is 2.69. The van der Waals surface area contributed by atoms with Crippen molar-refractivity contribution >= 4 is 0 Å². The van der Waals surface area contributed by atoms with Crippen LogP contribution >= 0.6 is 0 Å². The zero-order valence-corrected chi connectivity index (χ0v) is 8.15. The fourth-order valence-corrected chi connectivity index (χ4v) is 1.38. The quantitative estimate of drug-likeness (QED) is 0.561. The highest BCUT2D eigenvalue weighted by Crippen LogP contribution is 2.23. The maximum absolute atomic E-state index is 2.37. The summed E-state index contributed by atoms with van der Waals surface area (Å²) in [5.41, 5.74) is 0. The zero-order chi connectivity index (χ0) is 8.15. The highest BCUT2D eigenvalue weighted by Gasteiger charge is 2.13. The summed E-state index contributed by atoms with van der Waals surface area (Å²) in [6.07, 6.45) is 2.72. The van der Waals surface area contributed by atoms with Gasteiger partial charge in [0.2, 0.25) is 0 Å². The molecule has 0 heterocycles. The monoisotopic (exact) mass is 142 g/mol. The summed E-state index contributed by atoms with van der Waals surface area (Å²) in [5, 5.41) is 0. The summed E-state index contributed by atoms with van der Waals surface area (Å²) >= 11 is 0. The molecule has 0 unspecified atom stereocenters. The molecule has 0 nitrogen and oxygen atoms in total. The summed E-state index contributed by atoms with van der Waals surface area (Å²) < 4.78 is 0. The topological polar surface area (TPSA) is 0 Å². The third-order valence-corrected chi connectivity index (χ3v) is 2.69. The van der Waals surface area contributed by atoms with Crippen LogP contribution in [0.1, 0.15) is 47.5 Å². The van der Waals surface area contributed by atoms with E-state index in [9.17, 15) is 0 Å². The predicted molar refractivity (Wildman–Crippen MR) is 48.1 cm³/mol. The summed E-state index contributed by atoms with van der Waals surface area (Å²) in [6, 6.07) is 0. The molecule has 0 radical (unpaired) electrons. The van der Waals surface area contributed by atoms with E-state index in [-0.39, 0.29) is 0 Å². The van der Waals surface area contributed by atoms with Gasteiger partial charge < -0.3 is 0 Å². The van der Waals surface area contributed by atoms with Crippen molar-refractivity contribution in [3.63, 3.8) is 0 Å². The predicted octanol–water partition coefficient (Wildman–Crippen LogP) is 3.71. The first-order valence-corrected chi connectivity index (χ1v) is 4.59. The van der Waals surface area contributed by atoms with Crippen molar-refractivity contribution in [2.75, 3.05) is 0 Å². The lowest BCUT2D eigenvalue weighted by molar-refractivity contribution is 0.280. The van der Waals surface area contributed by atoms with Gasteiger partial charge in [0, 0.05) is 0 Å². The molecule has 0 amide bonds. The lowest BCUT2D eigenvalue weighted by atomic mass is 9.84. The fourth-order valence-electron chi connectivity index (χ4n) is 1.38. The molecule has 0 aliphatic rings. The van der Waals surface area contributed by atoms with Gasteiger partial charge in [0.15, 0.2) is 0 Å². The van der Waals surface area contributed by atoms with Gasteiger partial charge in [-0.05, 0) is 17.8 Å². The molecule has 0 rings (SSSR count). The summed E-state index contributed by atoms with van der Waals surface area (Å²) in [4.78, 5) is 0. The Morgan fingerprint density at radius 1 is 1.00 bits per heavy atom. The Balaban J connectivity index is 3.58. The van der Waals surface area contributed by atoms with Gasteiger partial charge in [0.1, 0.15) is 0 Å². The first kappa shape index (κ1) is 10.0. The zero-order valence-electron chi connectivity index (χ0n) is 8.15. The Labute approximate surface area is 66.0 Å². The van der Waals surface area contributed by atoms with Gasteiger partial charge in [-0.3, -0.25) is 0 Å². The molecule has 0 aliphatic carbocycles. The fraction of sp³-hybridized carbons (Fsp3) is 1.00. The van der Waals surface area contributed by atoms with E-state index in [1.165, 1.54) is 12.8 Å². The highest BCUT2D eigenvalue weighted by atomic mass is 14.2. The molecule has 0 bridgehead atoms. The first-order chi connectivity index (χ1) is 4.59. The minimum atomic E-state index is 0.849. The molecule has 0 aromatic heterocycles. The van der Waals surface area contributed by atoms with Gasteiger partial charge in [0.25, 0.3) is 0 Å². The van der Waals surface area contributed by atoms with E-state index in [0.29, 0.717) is 0 Å². The van der Waals surface area contributed by atoms with Crippen molar-refractivity contribution < 1.29 is 0 Å². The van der Waals surface area contributed by atoms with Crippen LogP contribution < -0.4 is 0 Å². The van der Waals surface area contributed by atoms with E-state index in [0.717, 1.165) is 17.8 Å².